The van der Waals surface area contributed by atoms with Crippen molar-refractivity contribution in [3.05, 3.63) is 46.9 Å². The molecule has 1 aromatic carbocycles. The summed E-state index contributed by atoms with van der Waals surface area (Å²) in [6.45, 7) is 6.62. The van der Waals surface area contributed by atoms with Gasteiger partial charge in [0.25, 0.3) is 0 Å². The molecule has 0 bridgehead atoms. The molecule has 0 unspecified atom stereocenters. The molecule has 1 aliphatic rings. The van der Waals surface area contributed by atoms with Crippen LogP contribution in [0.25, 0.3) is 11.3 Å². The fraction of sp³-hybridized carbons (Fsp3) is 0.417. The van der Waals surface area contributed by atoms with E-state index in [0.29, 0.717) is 42.2 Å². The lowest BCUT2D eigenvalue weighted by molar-refractivity contribution is 0.0199. The normalized spacial score (nSPS) is 15.0. The molecule has 1 amide bonds. The van der Waals surface area contributed by atoms with Gasteiger partial charge in [-0.3, -0.25) is 4.98 Å². The summed E-state index contributed by atoms with van der Waals surface area (Å²) in [5.41, 5.74) is 0.435. The van der Waals surface area contributed by atoms with Gasteiger partial charge >= 0.3 is 6.09 Å². The molecule has 0 spiro atoms. The highest BCUT2D eigenvalue weighted by Crippen LogP contribution is 2.27. The first-order valence-electron chi connectivity index (χ1n) is 10.5. The summed E-state index contributed by atoms with van der Waals surface area (Å²) in [6.07, 6.45) is 3.52. The van der Waals surface area contributed by atoms with E-state index in [2.05, 4.69) is 16.8 Å². The predicted octanol–water partition coefficient (Wildman–Crippen LogP) is 4.94. The van der Waals surface area contributed by atoms with Gasteiger partial charge in [0, 0.05) is 42.6 Å². The number of halogens is 2. The molecule has 0 aliphatic carbocycles. The van der Waals surface area contributed by atoms with Crippen molar-refractivity contribution in [3.8, 4) is 23.1 Å². The number of hydrogen-bond acceptors (Lipinski definition) is 5. The van der Waals surface area contributed by atoms with E-state index in [4.69, 9.17) is 16.3 Å². The zero-order valence-electron chi connectivity index (χ0n) is 19.0. The molecule has 2 heterocycles. The second-order valence-electron chi connectivity index (χ2n) is 8.97. The number of aromatic nitrogens is 1. The van der Waals surface area contributed by atoms with E-state index in [1.165, 1.54) is 18.3 Å². The Balaban J connectivity index is 1.73. The molecule has 1 fully saturated rings. The van der Waals surface area contributed by atoms with E-state index < -0.39 is 21.3 Å². The number of rotatable bonds is 2. The van der Waals surface area contributed by atoms with Crippen molar-refractivity contribution in [1.82, 2.24) is 9.88 Å². The van der Waals surface area contributed by atoms with Gasteiger partial charge in [-0.1, -0.05) is 23.4 Å². The third kappa shape index (κ3) is 6.68. The smallest absolute Gasteiger partial charge is 0.410 e. The Labute approximate surface area is 199 Å². The summed E-state index contributed by atoms with van der Waals surface area (Å²) < 4.78 is 43.3. The first-order valence-corrected chi connectivity index (χ1v) is 12.8. The van der Waals surface area contributed by atoms with Gasteiger partial charge in [-0.05, 0) is 57.9 Å². The molecule has 0 saturated carbocycles. The Morgan fingerprint density at radius 2 is 1.91 bits per heavy atom. The van der Waals surface area contributed by atoms with Gasteiger partial charge < -0.3 is 9.64 Å². The number of carbonyl (C=O) groups is 1. The number of benzene rings is 1. The van der Waals surface area contributed by atoms with Crippen molar-refractivity contribution in [1.29, 1.82) is 0 Å². The van der Waals surface area contributed by atoms with Crippen LogP contribution in [-0.2, 0) is 14.6 Å². The van der Waals surface area contributed by atoms with Crippen molar-refractivity contribution in [2.24, 2.45) is 5.92 Å². The summed E-state index contributed by atoms with van der Waals surface area (Å²) in [4.78, 5) is 18.0. The number of sulfone groups is 1. The maximum atomic E-state index is 14.6. The molecule has 9 heteroatoms. The van der Waals surface area contributed by atoms with E-state index in [0.717, 1.165) is 12.3 Å². The Bertz CT molecular complexity index is 1220. The predicted molar refractivity (Wildman–Crippen MR) is 125 cm³/mol. The summed E-state index contributed by atoms with van der Waals surface area (Å²) in [6, 6.07) is 5.29. The largest absolute Gasteiger partial charge is 0.444 e. The fourth-order valence-corrected chi connectivity index (χ4v) is 4.11. The zero-order valence-corrected chi connectivity index (χ0v) is 20.6. The van der Waals surface area contributed by atoms with Crippen LogP contribution in [0.15, 0.2) is 35.4 Å². The number of nitrogens with zero attached hydrogens (tertiary/aromatic N) is 2. The third-order valence-electron chi connectivity index (χ3n) is 5.06. The van der Waals surface area contributed by atoms with Crippen LogP contribution in [0.1, 0.15) is 39.2 Å². The Morgan fingerprint density at radius 1 is 1.24 bits per heavy atom. The lowest BCUT2D eigenvalue weighted by Gasteiger charge is -2.31. The minimum Gasteiger partial charge on any atom is -0.444 e. The van der Waals surface area contributed by atoms with Crippen molar-refractivity contribution >= 4 is 27.5 Å². The monoisotopic (exact) mass is 492 g/mol. The lowest BCUT2D eigenvalue weighted by atomic mass is 9.97. The summed E-state index contributed by atoms with van der Waals surface area (Å²) in [5, 5.41) is 0.339. The Kier molecular flexibility index (Phi) is 7.35. The van der Waals surface area contributed by atoms with E-state index in [-0.39, 0.29) is 22.5 Å². The van der Waals surface area contributed by atoms with Crippen molar-refractivity contribution in [2.75, 3.05) is 19.3 Å². The van der Waals surface area contributed by atoms with Gasteiger partial charge in [0.05, 0.1) is 15.6 Å². The standard InChI is InChI=1S/C24H26ClFN2O4S/c1-24(2,3)32-23(29)28-11-9-16(10-12-28)5-6-17-13-22(27-15-20(17)25)19-8-7-18(14-21(19)26)33(4,30)31/h7-8,13-16H,9-12H2,1-4H3. The maximum Gasteiger partial charge on any atom is 0.410 e. The number of likely N-dealkylation sites (tertiary alicyclic amines) is 1. The van der Waals surface area contributed by atoms with E-state index in [9.17, 15) is 17.6 Å². The highest BCUT2D eigenvalue weighted by Gasteiger charge is 2.26. The molecule has 1 saturated heterocycles. The Hall–Kier alpha value is -2.63. The first-order chi connectivity index (χ1) is 15.3. The topological polar surface area (TPSA) is 76.6 Å². The van der Waals surface area contributed by atoms with Gasteiger partial charge in [-0.25, -0.2) is 17.6 Å². The third-order valence-corrected chi connectivity index (χ3v) is 6.47. The fourth-order valence-electron chi connectivity index (χ4n) is 3.33. The summed E-state index contributed by atoms with van der Waals surface area (Å²) in [5.74, 6) is 5.64. The second-order valence-corrected chi connectivity index (χ2v) is 11.4. The highest BCUT2D eigenvalue weighted by atomic mass is 35.5. The number of amides is 1. The average Bonchev–Trinajstić information content (AvgIpc) is 2.72. The van der Waals surface area contributed by atoms with Crippen molar-refractivity contribution < 1.29 is 22.3 Å². The van der Waals surface area contributed by atoms with E-state index >= 15 is 0 Å². The van der Waals surface area contributed by atoms with Crippen LogP contribution in [0, 0.1) is 23.6 Å². The molecular formula is C24H26ClFN2O4S. The molecule has 2 aromatic rings. The lowest BCUT2D eigenvalue weighted by Crippen LogP contribution is -2.41. The van der Waals surface area contributed by atoms with Crippen LogP contribution in [0.2, 0.25) is 5.02 Å². The van der Waals surface area contributed by atoms with Crippen LogP contribution in [0.5, 0.6) is 0 Å². The molecule has 1 aromatic heterocycles. The van der Waals surface area contributed by atoms with E-state index in [1.54, 1.807) is 11.0 Å². The molecule has 0 radical (unpaired) electrons. The molecule has 6 nitrogen and oxygen atoms in total. The molecule has 1 aliphatic heterocycles. The van der Waals surface area contributed by atoms with Crippen molar-refractivity contribution in [3.63, 3.8) is 0 Å². The molecule has 176 valence electrons. The van der Waals surface area contributed by atoms with Crippen LogP contribution < -0.4 is 0 Å². The SMILES string of the molecule is CC(C)(C)OC(=O)N1CCC(C#Cc2cc(-c3ccc(S(C)(=O)=O)cc3F)ncc2Cl)CC1. The van der Waals surface area contributed by atoms with Crippen LogP contribution >= 0.6 is 11.6 Å². The number of ether oxygens (including phenoxy) is 1. The number of hydrogen-bond donors (Lipinski definition) is 0. The molecular weight excluding hydrogens is 467 g/mol. The quantitative estimate of drug-likeness (QED) is 0.555. The van der Waals surface area contributed by atoms with Gasteiger partial charge in [0.1, 0.15) is 11.4 Å². The number of carbonyl (C=O) groups excluding carboxylic acids is 1. The molecule has 3 rings (SSSR count). The Morgan fingerprint density at radius 3 is 2.48 bits per heavy atom. The second kappa shape index (κ2) is 9.70. The maximum absolute atomic E-state index is 14.6. The molecule has 33 heavy (non-hydrogen) atoms. The van der Waals surface area contributed by atoms with Crippen LogP contribution in [-0.4, -0.2) is 49.3 Å². The minimum absolute atomic E-state index is 0.0853. The molecule has 0 N–H and O–H groups in total. The van der Waals surface area contributed by atoms with Gasteiger partial charge in [0.2, 0.25) is 0 Å². The molecule has 0 atom stereocenters. The number of piperidine rings is 1. The van der Waals surface area contributed by atoms with Crippen LogP contribution in [0.4, 0.5) is 9.18 Å². The van der Waals surface area contributed by atoms with E-state index in [1.807, 2.05) is 20.8 Å². The van der Waals surface area contributed by atoms with Gasteiger partial charge in [-0.2, -0.15) is 0 Å². The van der Waals surface area contributed by atoms with Crippen LogP contribution in [0.3, 0.4) is 0 Å². The highest BCUT2D eigenvalue weighted by molar-refractivity contribution is 7.90. The average molecular weight is 493 g/mol. The summed E-state index contributed by atoms with van der Waals surface area (Å²) in [7, 11) is -3.52. The summed E-state index contributed by atoms with van der Waals surface area (Å²) >= 11 is 6.24. The van der Waals surface area contributed by atoms with Gasteiger partial charge in [0.15, 0.2) is 9.84 Å². The number of pyridine rings is 1. The van der Waals surface area contributed by atoms with Gasteiger partial charge in [-0.15, -0.1) is 0 Å². The first kappa shape index (κ1) is 25.0. The zero-order chi connectivity index (χ0) is 24.4. The minimum atomic E-state index is -3.52. The van der Waals surface area contributed by atoms with Crippen molar-refractivity contribution in [2.45, 2.75) is 44.1 Å².